The summed E-state index contributed by atoms with van der Waals surface area (Å²) in [7, 11) is 0. The summed E-state index contributed by atoms with van der Waals surface area (Å²) in [6.45, 7) is 1.86. The Bertz CT molecular complexity index is 1570. The van der Waals surface area contributed by atoms with Crippen LogP contribution in [0.25, 0.3) is 28.3 Å². The van der Waals surface area contributed by atoms with Gasteiger partial charge in [-0.05, 0) is 55.5 Å². The highest BCUT2D eigenvalue weighted by atomic mass is 16.7. The summed E-state index contributed by atoms with van der Waals surface area (Å²) >= 11 is 0. The molecule has 2 aromatic carbocycles. The summed E-state index contributed by atoms with van der Waals surface area (Å²) in [4.78, 5) is 16.9. The van der Waals surface area contributed by atoms with Crippen LogP contribution in [-0.4, -0.2) is 43.6 Å². The van der Waals surface area contributed by atoms with Gasteiger partial charge < -0.3 is 19.5 Å². The molecule has 0 saturated heterocycles. The van der Waals surface area contributed by atoms with E-state index in [0.717, 1.165) is 11.1 Å². The maximum atomic E-state index is 12.8. The van der Waals surface area contributed by atoms with E-state index in [1.807, 2.05) is 48.5 Å². The van der Waals surface area contributed by atoms with Gasteiger partial charge in [0, 0.05) is 35.3 Å². The number of nitrogens with zero attached hydrogens (tertiary/aromatic N) is 5. The van der Waals surface area contributed by atoms with E-state index in [4.69, 9.17) is 19.3 Å². The molecule has 0 saturated carbocycles. The number of rotatable bonds is 6. The number of nitrogens with one attached hydrogen (secondary N) is 1. The van der Waals surface area contributed by atoms with E-state index in [-0.39, 0.29) is 12.7 Å². The highest BCUT2D eigenvalue weighted by molar-refractivity contribution is 5.94. The number of carbonyl (C=O) groups excluding carboxylic acids is 1. The van der Waals surface area contributed by atoms with Crippen molar-refractivity contribution in [2.24, 2.45) is 0 Å². The second-order valence-corrected chi connectivity index (χ2v) is 8.09. The molecule has 0 fully saturated rings. The van der Waals surface area contributed by atoms with E-state index >= 15 is 0 Å². The van der Waals surface area contributed by atoms with Gasteiger partial charge in [0.2, 0.25) is 6.79 Å². The van der Waals surface area contributed by atoms with Crippen molar-refractivity contribution in [2.75, 3.05) is 12.1 Å². The van der Waals surface area contributed by atoms with E-state index in [9.17, 15) is 4.79 Å². The molecular weight excluding hydrogens is 460 g/mol. The second kappa shape index (κ2) is 8.99. The number of amides is 1. The summed E-state index contributed by atoms with van der Waals surface area (Å²) in [6, 6.07) is 20.1. The van der Waals surface area contributed by atoms with Gasteiger partial charge in [-0.25, -0.2) is 0 Å². The number of benzene rings is 2. The molecule has 1 N–H and O–H groups in total. The Morgan fingerprint density at radius 1 is 0.972 bits per heavy atom. The van der Waals surface area contributed by atoms with E-state index in [0.29, 0.717) is 40.1 Å². The second-order valence-electron chi connectivity index (χ2n) is 8.09. The van der Waals surface area contributed by atoms with Crippen molar-refractivity contribution in [3.8, 4) is 39.9 Å². The van der Waals surface area contributed by atoms with Crippen LogP contribution >= 0.6 is 0 Å². The predicted octanol–water partition coefficient (Wildman–Crippen LogP) is 3.99. The minimum atomic E-state index is -0.733. The first kappa shape index (κ1) is 21.5. The van der Waals surface area contributed by atoms with E-state index < -0.39 is 6.10 Å². The quantitative estimate of drug-likeness (QED) is 0.388. The van der Waals surface area contributed by atoms with Crippen LogP contribution < -0.4 is 19.5 Å². The maximum absolute atomic E-state index is 12.8. The van der Waals surface area contributed by atoms with Crippen LogP contribution in [0.3, 0.4) is 0 Å². The van der Waals surface area contributed by atoms with E-state index in [1.165, 1.54) is 0 Å². The third-order valence-corrected chi connectivity index (χ3v) is 5.65. The minimum absolute atomic E-state index is 0.176. The van der Waals surface area contributed by atoms with Crippen LogP contribution in [0.2, 0.25) is 0 Å². The van der Waals surface area contributed by atoms with Crippen molar-refractivity contribution < 1.29 is 19.0 Å². The van der Waals surface area contributed by atoms with Crippen LogP contribution in [0.15, 0.2) is 79.1 Å². The van der Waals surface area contributed by atoms with Crippen LogP contribution in [0, 0.1) is 0 Å². The molecule has 5 aromatic rings. The van der Waals surface area contributed by atoms with Gasteiger partial charge in [0.1, 0.15) is 5.75 Å². The first-order valence-corrected chi connectivity index (χ1v) is 11.2. The summed E-state index contributed by atoms with van der Waals surface area (Å²) in [5.41, 5.74) is 3.65. The van der Waals surface area contributed by atoms with Crippen molar-refractivity contribution in [3.05, 3.63) is 79.1 Å². The fourth-order valence-corrected chi connectivity index (χ4v) is 3.83. The Morgan fingerprint density at radius 2 is 1.83 bits per heavy atom. The van der Waals surface area contributed by atoms with Gasteiger partial charge in [0.25, 0.3) is 5.91 Å². The van der Waals surface area contributed by atoms with Gasteiger partial charge in [0.15, 0.2) is 29.1 Å². The number of aromatic nitrogens is 5. The molecule has 178 valence electrons. The Morgan fingerprint density at radius 3 is 2.72 bits per heavy atom. The summed E-state index contributed by atoms with van der Waals surface area (Å²) in [6.07, 6.45) is 2.66. The number of ether oxygens (including phenoxy) is 3. The Kier molecular flexibility index (Phi) is 5.38. The molecule has 1 atom stereocenters. The Balaban J connectivity index is 1.20. The molecule has 6 rings (SSSR count). The van der Waals surface area contributed by atoms with Crippen LogP contribution in [-0.2, 0) is 4.79 Å². The molecule has 1 aliphatic heterocycles. The topological polar surface area (TPSA) is 113 Å². The van der Waals surface area contributed by atoms with Gasteiger partial charge in [-0.15, -0.1) is 10.2 Å². The molecule has 4 heterocycles. The molecule has 10 heteroatoms. The maximum Gasteiger partial charge on any atom is 0.265 e. The van der Waals surface area contributed by atoms with Crippen LogP contribution in [0.5, 0.6) is 17.2 Å². The van der Waals surface area contributed by atoms with Gasteiger partial charge in [0.05, 0.1) is 5.69 Å². The third kappa shape index (κ3) is 4.16. The van der Waals surface area contributed by atoms with Gasteiger partial charge in [-0.1, -0.05) is 12.1 Å². The number of pyridine rings is 1. The number of anilines is 1. The highest BCUT2D eigenvalue weighted by Gasteiger charge is 2.19. The van der Waals surface area contributed by atoms with Crippen molar-refractivity contribution >= 4 is 17.2 Å². The Labute approximate surface area is 205 Å². The fourth-order valence-electron chi connectivity index (χ4n) is 3.83. The largest absolute Gasteiger partial charge is 0.481 e. The molecule has 0 spiro atoms. The van der Waals surface area contributed by atoms with Crippen molar-refractivity contribution in [1.82, 2.24) is 24.8 Å². The lowest BCUT2D eigenvalue weighted by Gasteiger charge is -2.15. The Hall–Kier alpha value is -4.99. The SMILES string of the molecule is CC(Oc1ccc2c(c1)OCO2)C(=O)Nc1cccc(-c2ccc3nnc(-c4ccncc4)n3n2)c1. The smallest absolute Gasteiger partial charge is 0.265 e. The average molecular weight is 480 g/mol. The van der Waals surface area contributed by atoms with Crippen molar-refractivity contribution in [3.63, 3.8) is 0 Å². The van der Waals surface area contributed by atoms with E-state index in [2.05, 4.69) is 20.5 Å². The molecule has 0 aliphatic carbocycles. The predicted molar refractivity (Wildman–Crippen MR) is 131 cm³/mol. The van der Waals surface area contributed by atoms with Gasteiger partial charge >= 0.3 is 0 Å². The first-order valence-electron chi connectivity index (χ1n) is 11.2. The molecule has 1 aliphatic rings. The van der Waals surface area contributed by atoms with Gasteiger partial charge in [-0.2, -0.15) is 9.61 Å². The van der Waals surface area contributed by atoms with Crippen LogP contribution in [0.1, 0.15) is 6.92 Å². The van der Waals surface area contributed by atoms with Crippen molar-refractivity contribution in [1.29, 1.82) is 0 Å². The zero-order chi connectivity index (χ0) is 24.5. The lowest BCUT2D eigenvalue weighted by molar-refractivity contribution is -0.122. The standard InChI is InChI=1S/C26H20N6O4/c1-16(36-20-5-7-22-23(14-20)35-15-34-22)26(33)28-19-4-2-3-18(13-19)21-6-8-24-29-30-25(32(24)31-21)17-9-11-27-12-10-17/h2-14,16H,15H2,1H3,(H,28,33). The third-order valence-electron chi connectivity index (χ3n) is 5.65. The zero-order valence-corrected chi connectivity index (χ0v) is 19.2. The summed E-state index contributed by atoms with van der Waals surface area (Å²) in [5.74, 6) is 2.10. The monoisotopic (exact) mass is 480 g/mol. The normalized spacial score (nSPS) is 12.9. The van der Waals surface area contributed by atoms with Crippen LogP contribution in [0.4, 0.5) is 5.69 Å². The lowest BCUT2D eigenvalue weighted by atomic mass is 10.1. The number of fused-ring (bicyclic) bond motifs is 2. The number of carbonyl (C=O) groups is 1. The molecule has 3 aromatic heterocycles. The zero-order valence-electron chi connectivity index (χ0n) is 19.2. The van der Waals surface area contributed by atoms with Gasteiger partial charge in [-0.3, -0.25) is 9.78 Å². The average Bonchev–Trinajstić information content (AvgIpc) is 3.55. The molecule has 10 nitrogen and oxygen atoms in total. The highest BCUT2D eigenvalue weighted by Crippen LogP contribution is 2.35. The summed E-state index contributed by atoms with van der Waals surface area (Å²) < 4.78 is 18.2. The summed E-state index contributed by atoms with van der Waals surface area (Å²) in [5, 5.41) is 16.1. The number of hydrogen-bond acceptors (Lipinski definition) is 8. The first-order chi connectivity index (χ1) is 17.6. The molecule has 1 unspecified atom stereocenters. The molecule has 0 bridgehead atoms. The lowest BCUT2D eigenvalue weighted by Crippen LogP contribution is -2.30. The fraction of sp³-hybridized carbons (Fsp3) is 0.115. The van der Waals surface area contributed by atoms with Crippen molar-refractivity contribution in [2.45, 2.75) is 13.0 Å². The molecule has 0 radical (unpaired) electrons. The molecule has 1 amide bonds. The number of hydrogen-bond donors (Lipinski definition) is 1. The molecule has 36 heavy (non-hydrogen) atoms. The van der Waals surface area contributed by atoms with E-state index in [1.54, 1.807) is 42.0 Å². The minimum Gasteiger partial charge on any atom is -0.481 e. The molecular formula is C26H20N6O4.